The van der Waals surface area contributed by atoms with Crippen molar-refractivity contribution in [1.82, 2.24) is 4.98 Å². The highest BCUT2D eigenvalue weighted by atomic mass is 16.1. The Morgan fingerprint density at radius 3 is 2.75 bits per heavy atom. The molecule has 4 rings (SSSR count). The van der Waals surface area contributed by atoms with Crippen LogP contribution in [0.5, 0.6) is 0 Å². The average Bonchev–Trinajstić information content (AvgIpc) is 2.91. The van der Waals surface area contributed by atoms with E-state index in [2.05, 4.69) is 29.2 Å². The summed E-state index contributed by atoms with van der Waals surface area (Å²) in [6.45, 7) is 0. The van der Waals surface area contributed by atoms with Crippen LogP contribution >= 0.6 is 0 Å². The molecule has 0 bridgehead atoms. The first-order valence-electron chi connectivity index (χ1n) is 6.54. The zero-order valence-corrected chi connectivity index (χ0v) is 10.8. The number of nitrogens with two attached hydrogens (primary N) is 1. The Bertz CT molecular complexity index is 909. The number of amides is 1. The molecule has 3 nitrogen and oxygen atoms in total. The highest BCUT2D eigenvalue weighted by Gasteiger charge is 2.18. The van der Waals surface area contributed by atoms with Gasteiger partial charge in [-0.1, -0.05) is 24.3 Å². The third-order valence-electron chi connectivity index (χ3n) is 3.93. The van der Waals surface area contributed by atoms with Crippen molar-refractivity contribution in [3.05, 3.63) is 59.3 Å². The quantitative estimate of drug-likeness (QED) is 0.684. The molecule has 1 amide bonds. The smallest absolute Gasteiger partial charge is 0.244 e. The third kappa shape index (κ3) is 1.46. The molecule has 0 saturated heterocycles. The van der Waals surface area contributed by atoms with Crippen molar-refractivity contribution in [3.8, 4) is 0 Å². The van der Waals surface area contributed by atoms with Gasteiger partial charge in [-0.05, 0) is 40.1 Å². The summed E-state index contributed by atoms with van der Waals surface area (Å²) in [6.07, 6.45) is 4.35. The molecule has 0 saturated carbocycles. The topological polar surface area (TPSA) is 56.0 Å². The van der Waals surface area contributed by atoms with Crippen molar-refractivity contribution in [2.24, 2.45) is 5.73 Å². The molecule has 2 N–H and O–H groups in total. The lowest BCUT2D eigenvalue weighted by Gasteiger charge is -2.07. The highest BCUT2D eigenvalue weighted by Crippen LogP contribution is 2.34. The van der Waals surface area contributed by atoms with Gasteiger partial charge in [0, 0.05) is 23.6 Å². The second-order valence-electron chi connectivity index (χ2n) is 5.08. The zero-order chi connectivity index (χ0) is 13.7. The zero-order valence-electron chi connectivity index (χ0n) is 10.8. The third-order valence-corrected chi connectivity index (χ3v) is 3.93. The molecule has 0 spiro atoms. The number of carbonyl (C=O) groups excluding carboxylic acids is 1. The van der Waals surface area contributed by atoms with Crippen molar-refractivity contribution in [3.63, 3.8) is 0 Å². The molecule has 1 aliphatic rings. The Hall–Kier alpha value is -2.68. The number of benzene rings is 2. The van der Waals surface area contributed by atoms with Gasteiger partial charge in [0.15, 0.2) is 0 Å². The lowest BCUT2D eigenvalue weighted by molar-refractivity contribution is -0.114. The Labute approximate surface area is 115 Å². The number of primary amides is 1. The molecule has 0 atom stereocenters. The summed E-state index contributed by atoms with van der Waals surface area (Å²) in [4.78, 5) is 15.7. The van der Waals surface area contributed by atoms with Crippen LogP contribution in [-0.4, -0.2) is 10.9 Å². The highest BCUT2D eigenvalue weighted by molar-refractivity contribution is 6.11. The predicted octanol–water partition coefficient (Wildman–Crippen LogP) is 2.81. The Morgan fingerprint density at radius 2 is 1.90 bits per heavy atom. The van der Waals surface area contributed by atoms with Gasteiger partial charge < -0.3 is 5.73 Å². The maximum Gasteiger partial charge on any atom is 0.244 e. The number of nitrogens with zero attached hydrogens (tertiary/aromatic N) is 1. The summed E-state index contributed by atoms with van der Waals surface area (Å²) in [5.41, 5.74) is 9.33. The number of hydrogen-bond acceptors (Lipinski definition) is 2. The van der Waals surface area contributed by atoms with Crippen LogP contribution in [-0.2, 0) is 11.2 Å². The number of aromatic nitrogens is 1. The van der Waals surface area contributed by atoms with E-state index in [0.29, 0.717) is 12.0 Å². The van der Waals surface area contributed by atoms with E-state index in [-0.39, 0.29) is 5.91 Å². The van der Waals surface area contributed by atoms with Crippen LogP contribution < -0.4 is 5.73 Å². The van der Waals surface area contributed by atoms with E-state index in [1.807, 2.05) is 18.2 Å². The molecule has 1 aliphatic carbocycles. The van der Waals surface area contributed by atoms with E-state index in [9.17, 15) is 4.79 Å². The fourth-order valence-corrected chi connectivity index (χ4v) is 2.95. The van der Waals surface area contributed by atoms with Crippen LogP contribution in [0.2, 0.25) is 0 Å². The van der Waals surface area contributed by atoms with Gasteiger partial charge in [-0.15, -0.1) is 0 Å². The van der Waals surface area contributed by atoms with Gasteiger partial charge in [-0.25, -0.2) is 0 Å². The largest absolute Gasteiger partial charge is 0.366 e. The second-order valence-corrected chi connectivity index (χ2v) is 5.08. The normalized spacial score (nSPS) is 13.5. The summed E-state index contributed by atoms with van der Waals surface area (Å²) in [7, 11) is 0. The minimum atomic E-state index is -0.336. The predicted molar refractivity (Wildman–Crippen MR) is 80.1 cm³/mol. The average molecular weight is 260 g/mol. The molecule has 1 heterocycles. The van der Waals surface area contributed by atoms with E-state index < -0.39 is 0 Å². The summed E-state index contributed by atoms with van der Waals surface area (Å²) in [5, 5.41) is 3.45. The van der Waals surface area contributed by atoms with Crippen molar-refractivity contribution in [2.75, 3.05) is 0 Å². The van der Waals surface area contributed by atoms with Gasteiger partial charge in [-0.3, -0.25) is 9.78 Å². The molecule has 0 aliphatic heterocycles. The molecule has 3 heteroatoms. The fraction of sp³-hybridized carbons (Fsp3) is 0.0588. The maximum atomic E-state index is 11.4. The molecular formula is C17H12N2O. The van der Waals surface area contributed by atoms with Crippen LogP contribution in [0.3, 0.4) is 0 Å². The molecule has 0 unspecified atom stereocenters. The lowest BCUT2D eigenvalue weighted by atomic mass is 9.98. The van der Waals surface area contributed by atoms with E-state index in [1.54, 1.807) is 6.20 Å². The molecule has 1 aromatic heterocycles. The van der Waals surface area contributed by atoms with Crippen molar-refractivity contribution < 1.29 is 4.79 Å². The van der Waals surface area contributed by atoms with E-state index in [1.165, 1.54) is 0 Å². The first-order valence-corrected chi connectivity index (χ1v) is 6.54. The molecule has 0 fully saturated rings. The first-order chi connectivity index (χ1) is 9.74. The standard InChI is InChI=1S/C17H12N2O/c18-17(20)11-8-10-3-4-12-13(15(10)9-11)5-6-16-14(12)2-1-7-19-16/h1-7,9H,8H2,(H2,18,20). The van der Waals surface area contributed by atoms with Gasteiger partial charge >= 0.3 is 0 Å². The van der Waals surface area contributed by atoms with Crippen LogP contribution in [0.4, 0.5) is 0 Å². The van der Waals surface area contributed by atoms with Gasteiger partial charge in [0.1, 0.15) is 0 Å². The number of pyridine rings is 1. The summed E-state index contributed by atoms with van der Waals surface area (Å²) in [5.74, 6) is -0.336. The molecule has 3 aromatic rings. The minimum absolute atomic E-state index is 0.336. The van der Waals surface area contributed by atoms with Crippen molar-refractivity contribution in [2.45, 2.75) is 6.42 Å². The second kappa shape index (κ2) is 3.90. The summed E-state index contributed by atoms with van der Waals surface area (Å²) >= 11 is 0. The number of rotatable bonds is 1. The van der Waals surface area contributed by atoms with Crippen LogP contribution in [0.1, 0.15) is 11.1 Å². The lowest BCUT2D eigenvalue weighted by Crippen LogP contribution is -2.13. The van der Waals surface area contributed by atoms with Crippen LogP contribution in [0.25, 0.3) is 27.8 Å². The van der Waals surface area contributed by atoms with Crippen LogP contribution in [0.15, 0.2) is 48.2 Å². The van der Waals surface area contributed by atoms with Gasteiger partial charge in [0.2, 0.25) is 5.91 Å². The van der Waals surface area contributed by atoms with Gasteiger partial charge in [0.25, 0.3) is 0 Å². The number of carbonyl (C=O) groups is 1. The SMILES string of the molecule is NC(=O)C1=Cc2c(ccc3c2ccc2ncccc23)C1. The number of fused-ring (bicyclic) bond motifs is 5. The van der Waals surface area contributed by atoms with Crippen LogP contribution in [0, 0.1) is 0 Å². The summed E-state index contributed by atoms with van der Waals surface area (Å²) in [6, 6.07) is 12.3. The summed E-state index contributed by atoms with van der Waals surface area (Å²) < 4.78 is 0. The van der Waals surface area contributed by atoms with Gasteiger partial charge in [-0.2, -0.15) is 0 Å². The number of hydrogen-bond donors (Lipinski definition) is 1. The Balaban J connectivity index is 2.09. The molecule has 0 radical (unpaired) electrons. The monoisotopic (exact) mass is 260 g/mol. The van der Waals surface area contributed by atoms with E-state index in [0.717, 1.165) is 32.8 Å². The Kier molecular flexibility index (Phi) is 2.18. The molecule has 2 aromatic carbocycles. The minimum Gasteiger partial charge on any atom is -0.366 e. The molecule has 20 heavy (non-hydrogen) atoms. The van der Waals surface area contributed by atoms with Crippen molar-refractivity contribution in [1.29, 1.82) is 0 Å². The molecular weight excluding hydrogens is 248 g/mol. The van der Waals surface area contributed by atoms with Gasteiger partial charge in [0.05, 0.1) is 5.52 Å². The van der Waals surface area contributed by atoms with E-state index in [4.69, 9.17) is 5.73 Å². The van der Waals surface area contributed by atoms with E-state index >= 15 is 0 Å². The molecule has 96 valence electrons. The Morgan fingerprint density at radius 1 is 1.05 bits per heavy atom. The maximum absolute atomic E-state index is 11.4. The fourth-order valence-electron chi connectivity index (χ4n) is 2.95. The van der Waals surface area contributed by atoms with Crippen molar-refractivity contribution >= 4 is 33.7 Å². The first kappa shape index (κ1) is 11.2.